The number of hydrogen-bond donors (Lipinski definition) is 1. The number of carbonyl (C=O) groups excluding carboxylic acids is 2. The van der Waals surface area contributed by atoms with E-state index in [1.165, 1.54) is 6.92 Å². The van der Waals surface area contributed by atoms with Crippen LogP contribution in [0.2, 0.25) is 0 Å². The molecule has 0 spiro atoms. The molecule has 1 aromatic rings. The minimum Gasteiger partial charge on any atom is -0.496 e. The van der Waals surface area contributed by atoms with E-state index in [4.69, 9.17) is 9.47 Å². The molecular formula is C18H27NO4. The van der Waals surface area contributed by atoms with E-state index in [1.54, 1.807) is 7.11 Å². The van der Waals surface area contributed by atoms with Crippen LogP contribution in [0.25, 0.3) is 0 Å². The average Bonchev–Trinajstić information content (AvgIpc) is 2.43. The molecule has 5 heteroatoms. The maximum absolute atomic E-state index is 11.9. The Labute approximate surface area is 138 Å². The molecular weight excluding hydrogens is 294 g/mol. The highest BCUT2D eigenvalue weighted by Gasteiger charge is 2.19. The van der Waals surface area contributed by atoms with Crippen LogP contribution in [0.1, 0.15) is 46.1 Å². The van der Waals surface area contributed by atoms with Crippen LogP contribution < -0.4 is 10.1 Å². The van der Waals surface area contributed by atoms with Gasteiger partial charge in [0.2, 0.25) is 5.91 Å². The van der Waals surface area contributed by atoms with Crippen molar-refractivity contribution in [2.24, 2.45) is 0 Å². The summed E-state index contributed by atoms with van der Waals surface area (Å²) in [6.45, 7) is 6.99. The van der Waals surface area contributed by atoms with Gasteiger partial charge in [-0.25, -0.2) is 0 Å². The smallest absolute Gasteiger partial charge is 0.306 e. The van der Waals surface area contributed by atoms with Gasteiger partial charge >= 0.3 is 5.97 Å². The van der Waals surface area contributed by atoms with Gasteiger partial charge in [0, 0.05) is 19.4 Å². The number of methoxy groups -OCH3 is 1. The molecule has 1 atom stereocenters. The van der Waals surface area contributed by atoms with Crippen LogP contribution in [0.5, 0.6) is 5.75 Å². The zero-order chi connectivity index (χ0) is 17.5. The lowest BCUT2D eigenvalue weighted by molar-refractivity contribution is -0.155. The van der Waals surface area contributed by atoms with Crippen LogP contribution in [0.3, 0.4) is 0 Å². The lowest BCUT2D eigenvalue weighted by Gasteiger charge is -2.22. The Kier molecular flexibility index (Phi) is 7.07. The van der Waals surface area contributed by atoms with Crippen molar-refractivity contribution in [1.29, 1.82) is 0 Å². The third kappa shape index (κ3) is 7.68. The molecule has 23 heavy (non-hydrogen) atoms. The quantitative estimate of drug-likeness (QED) is 0.784. The molecule has 0 aliphatic rings. The molecule has 1 rings (SSSR count). The van der Waals surface area contributed by atoms with Gasteiger partial charge in [-0.3, -0.25) is 9.59 Å². The maximum Gasteiger partial charge on any atom is 0.306 e. The van der Waals surface area contributed by atoms with Crippen LogP contribution in [-0.4, -0.2) is 30.6 Å². The monoisotopic (exact) mass is 321 g/mol. The first kappa shape index (κ1) is 19.0. The molecule has 0 heterocycles. The van der Waals surface area contributed by atoms with E-state index in [2.05, 4.69) is 5.32 Å². The maximum atomic E-state index is 11.9. The van der Waals surface area contributed by atoms with E-state index in [-0.39, 0.29) is 24.3 Å². The Hall–Kier alpha value is -2.04. The van der Waals surface area contributed by atoms with Gasteiger partial charge in [-0.15, -0.1) is 0 Å². The molecule has 1 amide bonds. The zero-order valence-corrected chi connectivity index (χ0v) is 14.6. The summed E-state index contributed by atoms with van der Waals surface area (Å²) in [4.78, 5) is 23.3. The van der Waals surface area contributed by atoms with Crippen molar-refractivity contribution >= 4 is 11.9 Å². The minimum atomic E-state index is -0.497. The predicted octanol–water partition coefficient (Wildman–Crippen LogP) is 2.86. The van der Waals surface area contributed by atoms with E-state index < -0.39 is 5.60 Å². The minimum absolute atomic E-state index is 0.117. The zero-order valence-electron chi connectivity index (χ0n) is 14.6. The first-order valence-electron chi connectivity index (χ1n) is 7.82. The summed E-state index contributed by atoms with van der Waals surface area (Å²) in [6.07, 6.45) is 1.39. The lowest BCUT2D eigenvalue weighted by atomic mass is 10.0. The van der Waals surface area contributed by atoms with Crippen molar-refractivity contribution in [1.82, 2.24) is 5.32 Å². The highest BCUT2D eigenvalue weighted by molar-refractivity contribution is 5.73. The molecule has 0 saturated heterocycles. The topological polar surface area (TPSA) is 64.6 Å². The molecule has 0 fully saturated rings. The molecule has 1 unspecified atom stereocenters. The molecule has 0 aliphatic heterocycles. The summed E-state index contributed by atoms with van der Waals surface area (Å²) < 4.78 is 10.7. The number of hydrogen-bond acceptors (Lipinski definition) is 4. The summed E-state index contributed by atoms with van der Waals surface area (Å²) >= 11 is 0. The standard InChI is InChI=1S/C18H27NO4/c1-13(20)19-15(10-11-17(21)23-18(2,3)4)12-14-8-6-7-9-16(14)22-5/h6-9,15H,10-12H2,1-5H3,(H,19,20). The van der Waals surface area contributed by atoms with Gasteiger partial charge < -0.3 is 14.8 Å². The second kappa shape index (κ2) is 8.56. The van der Waals surface area contributed by atoms with Crippen molar-refractivity contribution in [3.8, 4) is 5.75 Å². The Balaban J connectivity index is 2.69. The largest absolute Gasteiger partial charge is 0.496 e. The number of para-hydroxylation sites is 1. The summed E-state index contributed by atoms with van der Waals surface area (Å²) in [6, 6.07) is 7.53. The predicted molar refractivity (Wildman–Crippen MR) is 89.4 cm³/mol. The van der Waals surface area contributed by atoms with Gasteiger partial charge in [-0.1, -0.05) is 18.2 Å². The van der Waals surface area contributed by atoms with E-state index in [1.807, 2.05) is 45.0 Å². The van der Waals surface area contributed by atoms with Crippen LogP contribution in [0, 0.1) is 0 Å². The van der Waals surface area contributed by atoms with Crippen molar-refractivity contribution in [3.63, 3.8) is 0 Å². The number of carbonyl (C=O) groups is 2. The summed E-state index contributed by atoms with van der Waals surface area (Å²) in [5, 5.41) is 2.90. The fourth-order valence-corrected chi connectivity index (χ4v) is 2.33. The lowest BCUT2D eigenvalue weighted by Crippen LogP contribution is -2.36. The SMILES string of the molecule is COc1ccccc1CC(CCC(=O)OC(C)(C)C)NC(C)=O. The van der Waals surface area contributed by atoms with E-state index in [0.717, 1.165) is 11.3 Å². The first-order valence-corrected chi connectivity index (χ1v) is 7.82. The Morgan fingerprint density at radius 2 is 1.87 bits per heavy atom. The van der Waals surface area contributed by atoms with Crippen LogP contribution in [0.15, 0.2) is 24.3 Å². The molecule has 0 bridgehead atoms. The third-order valence-electron chi connectivity index (χ3n) is 3.18. The van der Waals surface area contributed by atoms with Gasteiger partial charge in [-0.2, -0.15) is 0 Å². The van der Waals surface area contributed by atoms with Crippen molar-refractivity contribution in [2.45, 2.75) is 58.6 Å². The van der Waals surface area contributed by atoms with Crippen molar-refractivity contribution in [2.75, 3.05) is 7.11 Å². The highest BCUT2D eigenvalue weighted by Crippen LogP contribution is 2.20. The average molecular weight is 321 g/mol. The van der Waals surface area contributed by atoms with Gasteiger partial charge in [0.25, 0.3) is 0 Å². The third-order valence-corrected chi connectivity index (χ3v) is 3.18. The molecule has 0 aliphatic carbocycles. The molecule has 0 aromatic heterocycles. The fraction of sp³-hybridized carbons (Fsp3) is 0.556. The van der Waals surface area contributed by atoms with E-state index in [0.29, 0.717) is 12.8 Å². The van der Waals surface area contributed by atoms with Gasteiger partial charge in [0.15, 0.2) is 0 Å². The van der Waals surface area contributed by atoms with Crippen molar-refractivity contribution < 1.29 is 19.1 Å². The van der Waals surface area contributed by atoms with Crippen LogP contribution >= 0.6 is 0 Å². The molecule has 0 radical (unpaired) electrons. The van der Waals surface area contributed by atoms with Gasteiger partial charge in [0.05, 0.1) is 7.11 Å². The Morgan fingerprint density at radius 3 is 2.43 bits per heavy atom. The second-order valence-corrected chi connectivity index (χ2v) is 6.54. The van der Waals surface area contributed by atoms with Crippen molar-refractivity contribution in [3.05, 3.63) is 29.8 Å². The molecule has 1 aromatic carbocycles. The molecule has 5 nitrogen and oxygen atoms in total. The Bertz CT molecular complexity index is 534. The van der Waals surface area contributed by atoms with Gasteiger partial charge in [-0.05, 0) is 45.2 Å². The summed E-state index contributed by atoms with van der Waals surface area (Å²) in [5.41, 5.74) is 0.501. The number of amides is 1. The number of benzene rings is 1. The molecule has 0 saturated carbocycles. The number of esters is 1. The molecule has 128 valence electrons. The summed E-state index contributed by atoms with van der Waals surface area (Å²) in [5.74, 6) is 0.405. The number of nitrogens with one attached hydrogen (secondary N) is 1. The van der Waals surface area contributed by atoms with Crippen LogP contribution in [-0.2, 0) is 20.7 Å². The second-order valence-electron chi connectivity index (χ2n) is 6.54. The Morgan fingerprint density at radius 1 is 1.22 bits per heavy atom. The number of ether oxygens (including phenoxy) is 2. The normalized spacial score (nSPS) is 12.4. The molecule has 1 N–H and O–H groups in total. The number of rotatable bonds is 7. The summed E-state index contributed by atoms with van der Waals surface area (Å²) in [7, 11) is 1.62. The highest BCUT2D eigenvalue weighted by atomic mass is 16.6. The van der Waals surface area contributed by atoms with Gasteiger partial charge in [0.1, 0.15) is 11.4 Å². The van der Waals surface area contributed by atoms with E-state index in [9.17, 15) is 9.59 Å². The fourth-order valence-electron chi connectivity index (χ4n) is 2.33. The van der Waals surface area contributed by atoms with Crippen LogP contribution in [0.4, 0.5) is 0 Å². The first-order chi connectivity index (χ1) is 10.7. The van der Waals surface area contributed by atoms with E-state index >= 15 is 0 Å².